The lowest BCUT2D eigenvalue weighted by molar-refractivity contribution is 0.569. The van der Waals surface area contributed by atoms with Crippen LogP contribution in [0.1, 0.15) is 32.0 Å². The van der Waals surface area contributed by atoms with E-state index in [2.05, 4.69) is 32.3 Å². The van der Waals surface area contributed by atoms with E-state index in [1.165, 1.54) is 0 Å². The van der Waals surface area contributed by atoms with Gasteiger partial charge in [0.2, 0.25) is 0 Å². The summed E-state index contributed by atoms with van der Waals surface area (Å²) in [5, 5.41) is 0. The molecule has 0 bridgehead atoms. The molecule has 0 aromatic carbocycles. The lowest BCUT2D eigenvalue weighted by atomic mass is 9.91. The van der Waals surface area contributed by atoms with Crippen LogP contribution in [0.2, 0.25) is 0 Å². The number of hydrogen-bond acceptors (Lipinski definition) is 2. The van der Waals surface area contributed by atoms with Gasteiger partial charge in [0, 0.05) is 28.6 Å². The molecule has 0 fully saturated rings. The Bertz CT molecular complexity index is 304. The third-order valence-corrected chi connectivity index (χ3v) is 1.90. The zero-order valence-electron chi connectivity index (χ0n) is 8.46. The smallest absolute Gasteiger partial charge is 0.0457 e. The summed E-state index contributed by atoms with van der Waals surface area (Å²) in [5.41, 5.74) is 8.16. The van der Waals surface area contributed by atoms with Gasteiger partial charge in [-0.2, -0.15) is 0 Å². The maximum absolute atomic E-state index is 5.54. The van der Waals surface area contributed by atoms with E-state index in [-0.39, 0.29) is 5.41 Å². The van der Waals surface area contributed by atoms with Crippen molar-refractivity contribution in [3.63, 3.8) is 0 Å². The normalized spacial score (nSPS) is 11.3. The van der Waals surface area contributed by atoms with Crippen LogP contribution in [0.25, 0.3) is 5.70 Å². The van der Waals surface area contributed by atoms with Crippen molar-refractivity contribution >= 4 is 5.70 Å². The van der Waals surface area contributed by atoms with Crippen LogP contribution in [0.5, 0.6) is 0 Å². The minimum Gasteiger partial charge on any atom is -0.399 e. The Morgan fingerprint density at radius 2 is 2.00 bits per heavy atom. The van der Waals surface area contributed by atoms with Crippen molar-refractivity contribution in [3.05, 3.63) is 36.2 Å². The highest BCUT2D eigenvalue weighted by atomic mass is 14.7. The van der Waals surface area contributed by atoms with Gasteiger partial charge in [0.05, 0.1) is 0 Å². The SMILES string of the molecule is C=C(N)c1ccc(C(C)(C)C)nc1. The number of nitrogens with zero attached hydrogens (tertiary/aromatic N) is 1. The van der Waals surface area contributed by atoms with Gasteiger partial charge in [-0.05, 0) is 12.1 Å². The first-order valence-electron chi connectivity index (χ1n) is 4.32. The molecule has 2 N–H and O–H groups in total. The Kier molecular flexibility index (Phi) is 2.41. The molecule has 1 rings (SSSR count). The molecule has 0 aliphatic carbocycles. The average molecular weight is 176 g/mol. The number of pyridine rings is 1. The van der Waals surface area contributed by atoms with Gasteiger partial charge in [0.1, 0.15) is 0 Å². The van der Waals surface area contributed by atoms with Crippen LogP contribution in [0.15, 0.2) is 24.9 Å². The summed E-state index contributed by atoms with van der Waals surface area (Å²) in [6.45, 7) is 10.0. The van der Waals surface area contributed by atoms with Crippen LogP contribution in [0, 0.1) is 0 Å². The molecule has 0 atom stereocenters. The van der Waals surface area contributed by atoms with Gasteiger partial charge >= 0.3 is 0 Å². The molecule has 0 saturated heterocycles. The molecule has 2 nitrogen and oxygen atoms in total. The van der Waals surface area contributed by atoms with E-state index < -0.39 is 0 Å². The Balaban J connectivity index is 3.01. The van der Waals surface area contributed by atoms with Crippen molar-refractivity contribution in [2.24, 2.45) is 5.73 Å². The molecule has 2 heteroatoms. The van der Waals surface area contributed by atoms with E-state index in [0.29, 0.717) is 5.70 Å². The van der Waals surface area contributed by atoms with Gasteiger partial charge in [0.15, 0.2) is 0 Å². The lowest BCUT2D eigenvalue weighted by Crippen LogP contribution is -2.13. The highest BCUT2D eigenvalue weighted by Crippen LogP contribution is 2.20. The molecule has 0 aliphatic heterocycles. The van der Waals surface area contributed by atoms with E-state index >= 15 is 0 Å². The zero-order chi connectivity index (χ0) is 10.1. The first-order valence-corrected chi connectivity index (χ1v) is 4.32. The zero-order valence-corrected chi connectivity index (χ0v) is 8.46. The fourth-order valence-electron chi connectivity index (χ4n) is 1.03. The van der Waals surface area contributed by atoms with Crippen molar-refractivity contribution in [2.75, 3.05) is 0 Å². The van der Waals surface area contributed by atoms with Gasteiger partial charge < -0.3 is 5.73 Å². The summed E-state index contributed by atoms with van der Waals surface area (Å²) in [6, 6.07) is 3.95. The van der Waals surface area contributed by atoms with E-state index in [0.717, 1.165) is 11.3 Å². The van der Waals surface area contributed by atoms with E-state index in [9.17, 15) is 0 Å². The molecule has 1 aromatic heterocycles. The number of hydrogen-bond donors (Lipinski definition) is 1. The summed E-state index contributed by atoms with van der Waals surface area (Å²) in [4.78, 5) is 4.33. The summed E-state index contributed by atoms with van der Waals surface area (Å²) in [6.07, 6.45) is 1.77. The molecule has 13 heavy (non-hydrogen) atoms. The van der Waals surface area contributed by atoms with Crippen molar-refractivity contribution < 1.29 is 0 Å². The van der Waals surface area contributed by atoms with Crippen LogP contribution < -0.4 is 5.73 Å². The standard InChI is InChI=1S/C11H16N2/c1-8(12)9-5-6-10(13-7-9)11(2,3)4/h5-7H,1,12H2,2-4H3. The van der Waals surface area contributed by atoms with Gasteiger partial charge in [-0.1, -0.05) is 27.4 Å². The molecule has 1 heterocycles. The van der Waals surface area contributed by atoms with E-state index in [1.54, 1.807) is 6.20 Å². The van der Waals surface area contributed by atoms with Crippen LogP contribution in [0.4, 0.5) is 0 Å². The predicted molar refractivity (Wildman–Crippen MR) is 56.2 cm³/mol. The molecule has 0 amide bonds. The molecule has 0 saturated carbocycles. The molecule has 0 unspecified atom stereocenters. The second-order valence-corrected chi connectivity index (χ2v) is 4.21. The highest BCUT2D eigenvalue weighted by molar-refractivity contribution is 5.59. The van der Waals surface area contributed by atoms with Crippen molar-refractivity contribution in [2.45, 2.75) is 26.2 Å². The first-order chi connectivity index (χ1) is 5.91. The maximum Gasteiger partial charge on any atom is 0.0457 e. The molecule has 70 valence electrons. The minimum atomic E-state index is 0.0917. The fourth-order valence-corrected chi connectivity index (χ4v) is 1.03. The third-order valence-electron chi connectivity index (χ3n) is 1.90. The Hall–Kier alpha value is -1.31. The Labute approximate surface area is 79.5 Å². The van der Waals surface area contributed by atoms with Crippen LogP contribution in [0.3, 0.4) is 0 Å². The summed E-state index contributed by atoms with van der Waals surface area (Å²) in [7, 11) is 0. The molecule has 0 spiro atoms. The second-order valence-electron chi connectivity index (χ2n) is 4.21. The van der Waals surface area contributed by atoms with Crippen molar-refractivity contribution in [3.8, 4) is 0 Å². The van der Waals surface area contributed by atoms with Crippen LogP contribution in [-0.4, -0.2) is 4.98 Å². The summed E-state index contributed by atoms with van der Waals surface area (Å²) in [5.74, 6) is 0. The van der Waals surface area contributed by atoms with E-state index in [4.69, 9.17) is 5.73 Å². The lowest BCUT2D eigenvalue weighted by Gasteiger charge is -2.17. The molecule has 1 aromatic rings. The average Bonchev–Trinajstić information content (AvgIpc) is 2.03. The number of rotatable bonds is 1. The maximum atomic E-state index is 5.54. The quantitative estimate of drug-likeness (QED) is 0.713. The molecular weight excluding hydrogens is 160 g/mol. The fraction of sp³-hybridized carbons (Fsp3) is 0.364. The molecular formula is C11H16N2. The monoisotopic (exact) mass is 176 g/mol. The van der Waals surface area contributed by atoms with Gasteiger partial charge in [-0.15, -0.1) is 0 Å². The Morgan fingerprint density at radius 1 is 1.38 bits per heavy atom. The Morgan fingerprint density at radius 3 is 2.31 bits per heavy atom. The summed E-state index contributed by atoms with van der Waals surface area (Å²) < 4.78 is 0. The van der Waals surface area contributed by atoms with Crippen molar-refractivity contribution in [1.29, 1.82) is 0 Å². The van der Waals surface area contributed by atoms with Crippen LogP contribution in [-0.2, 0) is 5.41 Å². The van der Waals surface area contributed by atoms with Gasteiger partial charge in [0.25, 0.3) is 0 Å². The third kappa shape index (κ3) is 2.31. The number of aromatic nitrogens is 1. The largest absolute Gasteiger partial charge is 0.399 e. The number of nitrogens with two attached hydrogens (primary N) is 1. The highest BCUT2D eigenvalue weighted by Gasteiger charge is 2.14. The molecule has 0 aliphatic rings. The van der Waals surface area contributed by atoms with Crippen molar-refractivity contribution in [1.82, 2.24) is 4.98 Å². The summed E-state index contributed by atoms with van der Waals surface area (Å²) >= 11 is 0. The van der Waals surface area contributed by atoms with Gasteiger partial charge in [-0.3, -0.25) is 4.98 Å². The minimum absolute atomic E-state index is 0.0917. The molecule has 0 radical (unpaired) electrons. The van der Waals surface area contributed by atoms with E-state index in [1.807, 2.05) is 12.1 Å². The predicted octanol–water partition coefficient (Wildman–Crippen LogP) is 2.31. The van der Waals surface area contributed by atoms with Gasteiger partial charge in [-0.25, -0.2) is 0 Å². The topological polar surface area (TPSA) is 38.9 Å². The van der Waals surface area contributed by atoms with Crippen LogP contribution >= 0.6 is 0 Å². The second kappa shape index (κ2) is 3.21. The first kappa shape index (κ1) is 9.78.